The van der Waals surface area contributed by atoms with Crippen LogP contribution in [-0.2, 0) is 0 Å². The Morgan fingerprint density at radius 1 is 1.53 bits per heavy atom. The highest BCUT2D eigenvalue weighted by Crippen LogP contribution is 2.09. The van der Waals surface area contributed by atoms with E-state index in [-0.39, 0.29) is 17.1 Å². The number of aromatic nitrogens is 3. The summed E-state index contributed by atoms with van der Waals surface area (Å²) in [5, 5.41) is 12.4. The van der Waals surface area contributed by atoms with E-state index in [0.717, 1.165) is 10.9 Å². The first-order valence-corrected chi connectivity index (χ1v) is 4.52. The number of carbonyl (C=O) groups excluding carboxylic acids is 1. The van der Waals surface area contributed by atoms with Gasteiger partial charge in [-0.15, -0.1) is 0 Å². The largest absolute Gasteiger partial charge is 0.476 e. The molecule has 0 radical (unpaired) electrons. The fourth-order valence-electron chi connectivity index (χ4n) is 1.22. The molecule has 0 fully saturated rings. The Labute approximate surface area is 94.3 Å². The summed E-state index contributed by atoms with van der Waals surface area (Å²) >= 11 is 0. The van der Waals surface area contributed by atoms with Crippen LogP contribution in [0.4, 0.5) is 4.39 Å². The van der Waals surface area contributed by atoms with Crippen LogP contribution in [0.3, 0.4) is 0 Å². The zero-order chi connectivity index (χ0) is 12.4. The second kappa shape index (κ2) is 4.12. The summed E-state index contributed by atoms with van der Waals surface area (Å²) in [6, 6.07) is 2.45. The summed E-state index contributed by atoms with van der Waals surface area (Å²) < 4.78 is 14.2. The molecule has 0 saturated heterocycles. The number of carboxylic acid groups (broad SMARTS) is 1. The predicted molar refractivity (Wildman–Crippen MR) is 53.7 cm³/mol. The maximum atomic E-state index is 13.0. The summed E-state index contributed by atoms with van der Waals surface area (Å²) in [5.74, 6) is -1.75. The molecule has 2 rings (SSSR count). The Morgan fingerprint density at radius 3 is 2.88 bits per heavy atom. The lowest BCUT2D eigenvalue weighted by molar-refractivity contribution is 0.0689. The van der Waals surface area contributed by atoms with E-state index in [4.69, 9.17) is 5.11 Å². The molecule has 0 spiro atoms. The smallest absolute Gasteiger partial charge is 0.356 e. The van der Waals surface area contributed by atoms with Crippen molar-refractivity contribution < 1.29 is 19.1 Å². The van der Waals surface area contributed by atoms with E-state index in [0.29, 0.717) is 6.29 Å². The maximum absolute atomic E-state index is 13.0. The molecule has 7 heteroatoms. The predicted octanol–water partition coefficient (Wildman–Crippen LogP) is 0.917. The zero-order valence-corrected chi connectivity index (χ0v) is 8.37. The molecule has 0 aliphatic heterocycles. The molecule has 2 aromatic rings. The normalized spacial score (nSPS) is 10.2. The maximum Gasteiger partial charge on any atom is 0.356 e. The third-order valence-electron chi connectivity index (χ3n) is 2.04. The molecule has 0 amide bonds. The van der Waals surface area contributed by atoms with Crippen LogP contribution in [0.1, 0.15) is 20.8 Å². The average Bonchev–Trinajstić information content (AvgIpc) is 2.79. The lowest BCUT2D eigenvalue weighted by Gasteiger charge is -2.01. The van der Waals surface area contributed by atoms with Crippen LogP contribution in [0.15, 0.2) is 24.5 Å². The Bertz CT molecular complexity index is 594. The number of hydrogen-bond acceptors (Lipinski definition) is 4. The number of carboxylic acids is 1. The van der Waals surface area contributed by atoms with Gasteiger partial charge in [0, 0.05) is 6.20 Å². The first-order chi connectivity index (χ1) is 8.11. The number of hydrogen-bond donors (Lipinski definition) is 1. The van der Waals surface area contributed by atoms with Gasteiger partial charge in [0.2, 0.25) is 0 Å². The van der Waals surface area contributed by atoms with E-state index in [9.17, 15) is 14.0 Å². The lowest BCUT2D eigenvalue weighted by Crippen LogP contribution is -2.04. The van der Waals surface area contributed by atoms with Crippen molar-refractivity contribution in [3.63, 3.8) is 0 Å². The number of halogens is 1. The number of nitrogens with zero attached hydrogens (tertiary/aromatic N) is 3. The highest BCUT2D eigenvalue weighted by Gasteiger charge is 2.10. The Morgan fingerprint density at radius 2 is 2.29 bits per heavy atom. The average molecular weight is 235 g/mol. The van der Waals surface area contributed by atoms with Crippen molar-refractivity contribution in [1.82, 2.24) is 14.8 Å². The van der Waals surface area contributed by atoms with E-state index in [1.54, 1.807) is 0 Å². The van der Waals surface area contributed by atoms with Gasteiger partial charge in [0.15, 0.2) is 23.6 Å². The van der Waals surface area contributed by atoms with Crippen LogP contribution in [0, 0.1) is 5.82 Å². The van der Waals surface area contributed by atoms with Crippen LogP contribution in [0.5, 0.6) is 0 Å². The van der Waals surface area contributed by atoms with Crippen molar-refractivity contribution in [2.24, 2.45) is 0 Å². The molecule has 2 aromatic heterocycles. The van der Waals surface area contributed by atoms with E-state index in [1.165, 1.54) is 18.3 Å². The number of aromatic carboxylic acids is 1. The van der Waals surface area contributed by atoms with Gasteiger partial charge in [0.05, 0.1) is 11.8 Å². The van der Waals surface area contributed by atoms with Gasteiger partial charge in [-0.25, -0.2) is 18.9 Å². The second-order valence-corrected chi connectivity index (χ2v) is 3.13. The van der Waals surface area contributed by atoms with Gasteiger partial charge in [0.1, 0.15) is 0 Å². The minimum atomic E-state index is -1.18. The SMILES string of the molecule is O=Cc1cc(-n2ccc(C(=O)O)n2)ncc1F. The monoisotopic (exact) mass is 235 g/mol. The molecule has 17 heavy (non-hydrogen) atoms. The van der Waals surface area contributed by atoms with E-state index in [2.05, 4.69) is 10.1 Å². The summed E-state index contributed by atoms with van der Waals surface area (Å²) in [6.45, 7) is 0. The standard InChI is InChI=1S/C10H6FN3O3/c11-7-4-12-9(3-6(7)5-15)14-2-1-8(13-14)10(16)17/h1-5H,(H,16,17). The van der Waals surface area contributed by atoms with Crippen molar-refractivity contribution >= 4 is 12.3 Å². The molecule has 2 heterocycles. The zero-order valence-electron chi connectivity index (χ0n) is 8.37. The molecule has 0 aliphatic carbocycles. The highest BCUT2D eigenvalue weighted by molar-refractivity contribution is 5.85. The molecule has 0 unspecified atom stereocenters. The van der Waals surface area contributed by atoms with Crippen LogP contribution < -0.4 is 0 Å². The summed E-state index contributed by atoms with van der Waals surface area (Å²) in [7, 11) is 0. The molecule has 0 aromatic carbocycles. The van der Waals surface area contributed by atoms with Crippen molar-refractivity contribution in [3.8, 4) is 5.82 Å². The van der Waals surface area contributed by atoms with E-state index in [1.807, 2.05) is 0 Å². The lowest BCUT2D eigenvalue weighted by atomic mass is 10.3. The topological polar surface area (TPSA) is 85.1 Å². The number of aldehydes is 1. The summed E-state index contributed by atoms with van der Waals surface area (Å²) in [4.78, 5) is 24.8. The molecule has 6 nitrogen and oxygen atoms in total. The van der Waals surface area contributed by atoms with Gasteiger partial charge in [0.25, 0.3) is 0 Å². The van der Waals surface area contributed by atoms with Crippen molar-refractivity contribution in [2.45, 2.75) is 0 Å². The minimum absolute atomic E-state index is 0.163. The third-order valence-corrected chi connectivity index (χ3v) is 2.04. The molecule has 1 N–H and O–H groups in total. The summed E-state index contributed by atoms with van der Waals surface area (Å²) in [5.41, 5.74) is -0.328. The fourth-order valence-corrected chi connectivity index (χ4v) is 1.22. The van der Waals surface area contributed by atoms with Crippen LogP contribution in [-0.4, -0.2) is 32.1 Å². The molecular weight excluding hydrogens is 229 g/mol. The third kappa shape index (κ3) is 2.03. The number of rotatable bonds is 3. The molecule has 86 valence electrons. The van der Waals surface area contributed by atoms with Gasteiger partial charge in [-0.05, 0) is 12.1 Å². The van der Waals surface area contributed by atoms with Crippen LogP contribution in [0.2, 0.25) is 0 Å². The second-order valence-electron chi connectivity index (χ2n) is 3.13. The van der Waals surface area contributed by atoms with Gasteiger partial charge in [-0.2, -0.15) is 5.10 Å². The molecule has 0 bridgehead atoms. The fraction of sp³-hybridized carbons (Fsp3) is 0. The van der Waals surface area contributed by atoms with Crippen molar-refractivity contribution in [1.29, 1.82) is 0 Å². The first-order valence-electron chi connectivity index (χ1n) is 4.52. The summed E-state index contributed by atoms with van der Waals surface area (Å²) in [6.07, 6.45) is 2.58. The van der Waals surface area contributed by atoms with Crippen LogP contribution in [0.25, 0.3) is 5.82 Å². The van der Waals surface area contributed by atoms with Crippen molar-refractivity contribution in [2.75, 3.05) is 0 Å². The Kier molecular flexibility index (Phi) is 2.65. The number of carbonyl (C=O) groups is 2. The van der Waals surface area contributed by atoms with Gasteiger partial charge >= 0.3 is 5.97 Å². The molecule has 0 atom stereocenters. The van der Waals surface area contributed by atoms with Crippen LogP contribution >= 0.6 is 0 Å². The number of pyridine rings is 1. The van der Waals surface area contributed by atoms with Gasteiger partial charge in [-0.1, -0.05) is 0 Å². The minimum Gasteiger partial charge on any atom is -0.476 e. The molecular formula is C10H6FN3O3. The molecule has 0 saturated carbocycles. The van der Waals surface area contributed by atoms with E-state index >= 15 is 0 Å². The highest BCUT2D eigenvalue weighted by atomic mass is 19.1. The van der Waals surface area contributed by atoms with E-state index < -0.39 is 11.8 Å². The molecule has 0 aliphatic rings. The first kappa shape index (κ1) is 10.9. The van der Waals surface area contributed by atoms with Crippen molar-refractivity contribution in [3.05, 3.63) is 41.6 Å². The quantitative estimate of drug-likeness (QED) is 0.799. The van der Waals surface area contributed by atoms with Gasteiger partial charge < -0.3 is 5.11 Å². The Balaban J connectivity index is 2.45. The Hall–Kier alpha value is -2.57. The van der Waals surface area contributed by atoms with Gasteiger partial charge in [-0.3, -0.25) is 4.79 Å².